The maximum Gasteiger partial charge on any atom is 0.256 e. The highest BCUT2D eigenvalue weighted by atomic mass is 16.5. The van der Waals surface area contributed by atoms with Crippen molar-refractivity contribution in [2.24, 2.45) is 11.8 Å². The van der Waals surface area contributed by atoms with Gasteiger partial charge >= 0.3 is 0 Å². The number of hydrogen-bond acceptors (Lipinski definition) is 3. The lowest BCUT2D eigenvalue weighted by molar-refractivity contribution is 0.0754. The van der Waals surface area contributed by atoms with Crippen molar-refractivity contribution < 1.29 is 14.6 Å². The van der Waals surface area contributed by atoms with E-state index in [1.165, 1.54) is 0 Å². The molecule has 2 heterocycles. The summed E-state index contributed by atoms with van der Waals surface area (Å²) in [6.45, 7) is 2.81. The summed E-state index contributed by atoms with van der Waals surface area (Å²) in [5.74, 6) is 0.811. The fourth-order valence-corrected chi connectivity index (χ4v) is 4.36. The van der Waals surface area contributed by atoms with Gasteiger partial charge in [-0.25, -0.2) is 0 Å². The standard InChI is InChI=1S/C19H24N2O3/c1-24-9-8-20-12-16(14-4-2-3-5-17(14)20)19(23)21-10-13-6-7-18(22)15(13)11-21/h2-5,12-13,15,18,22H,6-11H2,1H3. The van der Waals surface area contributed by atoms with Crippen LogP contribution in [0.1, 0.15) is 23.2 Å². The average molecular weight is 328 g/mol. The van der Waals surface area contributed by atoms with Crippen LogP contribution in [-0.4, -0.2) is 53.4 Å². The van der Waals surface area contributed by atoms with Gasteiger partial charge in [-0.15, -0.1) is 0 Å². The second-order valence-corrected chi connectivity index (χ2v) is 7.02. The fourth-order valence-electron chi connectivity index (χ4n) is 4.36. The maximum atomic E-state index is 13.1. The van der Waals surface area contributed by atoms with Gasteiger partial charge in [0, 0.05) is 49.8 Å². The summed E-state index contributed by atoms with van der Waals surface area (Å²) in [5.41, 5.74) is 1.83. The van der Waals surface area contributed by atoms with Crippen LogP contribution in [0.15, 0.2) is 30.5 Å². The molecule has 3 atom stereocenters. The summed E-state index contributed by atoms with van der Waals surface area (Å²) in [6.07, 6.45) is 3.63. The third kappa shape index (κ3) is 2.52. The minimum Gasteiger partial charge on any atom is -0.393 e. The van der Waals surface area contributed by atoms with E-state index in [9.17, 15) is 9.90 Å². The zero-order valence-corrected chi connectivity index (χ0v) is 14.0. The number of benzene rings is 1. The third-order valence-corrected chi connectivity index (χ3v) is 5.66. The van der Waals surface area contributed by atoms with Crippen molar-refractivity contribution in [1.29, 1.82) is 0 Å². The van der Waals surface area contributed by atoms with Crippen molar-refractivity contribution in [3.63, 3.8) is 0 Å². The first-order chi connectivity index (χ1) is 11.7. The predicted molar refractivity (Wildman–Crippen MR) is 91.9 cm³/mol. The molecule has 2 fully saturated rings. The molecule has 1 aromatic carbocycles. The molecule has 2 aliphatic rings. The van der Waals surface area contributed by atoms with Crippen molar-refractivity contribution in [1.82, 2.24) is 9.47 Å². The predicted octanol–water partition coefficient (Wildman–Crippen LogP) is 2.13. The van der Waals surface area contributed by atoms with Crippen LogP contribution in [0.4, 0.5) is 0 Å². The molecule has 24 heavy (non-hydrogen) atoms. The van der Waals surface area contributed by atoms with Gasteiger partial charge in [0.25, 0.3) is 5.91 Å². The largest absolute Gasteiger partial charge is 0.393 e. The maximum absolute atomic E-state index is 13.1. The van der Waals surface area contributed by atoms with E-state index < -0.39 is 0 Å². The Balaban J connectivity index is 1.63. The number of aliphatic hydroxyl groups excluding tert-OH is 1. The number of methoxy groups -OCH3 is 1. The third-order valence-electron chi connectivity index (χ3n) is 5.66. The Morgan fingerprint density at radius 2 is 2.12 bits per heavy atom. The van der Waals surface area contributed by atoms with Crippen LogP contribution >= 0.6 is 0 Å². The number of rotatable bonds is 4. The lowest BCUT2D eigenvalue weighted by Crippen LogP contribution is -2.31. The summed E-state index contributed by atoms with van der Waals surface area (Å²) in [5, 5.41) is 11.1. The van der Waals surface area contributed by atoms with E-state index >= 15 is 0 Å². The Bertz CT molecular complexity index is 754. The van der Waals surface area contributed by atoms with Gasteiger partial charge in [-0.1, -0.05) is 18.2 Å². The molecular weight excluding hydrogens is 304 g/mol. The van der Waals surface area contributed by atoms with E-state index in [0.29, 0.717) is 19.1 Å². The Morgan fingerprint density at radius 3 is 2.92 bits per heavy atom. The molecule has 1 amide bonds. The van der Waals surface area contributed by atoms with E-state index in [2.05, 4.69) is 4.57 Å². The molecule has 5 nitrogen and oxygen atoms in total. The monoisotopic (exact) mass is 328 g/mol. The van der Waals surface area contributed by atoms with E-state index in [1.807, 2.05) is 35.4 Å². The van der Waals surface area contributed by atoms with Crippen LogP contribution in [-0.2, 0) is 11.3 Å². The van der Waals surface area contributed by atoms with Gasteiger partial charge in [-0.05, 0) is 24.8 Å². The molecule has 0 bridgehead atoms. The lowest BCUT2D eigenvalue weighted by atomic mass is 10.00. The molecule has 1 N–H and O–H groups in total. The second kappa shape index (κ2) is 6.22. The number of carbonyl (C=O) groups is 1. The van der Waals surface area contributed by atoms with Gasteiger partial charge in [0.2, 0.25) is 0 Å². The van der Waals surface area contributed by atoms with E-state index in [4.69, 9.17) is 4.74 Å². The van der Waals surface area contributed by atoms with Crippen LogP contribution in [0.2, 0.25) is 0 Å². The van der Waals surface area contributed by atoms with Crippen molar-refractivity contribution in [2.45, 2.75) is 25.5 Å². The molecule has 1 aliphatic carbocycles. The Hall–Kier alpha value is -1.85. The highest BCUT2D eigenvalue weighted by molar-refractivity contribution is 6.07. The molecule has 1 saturated heterocycles. The Kier molecular flexibility index (Phi) is 4.06. The van der Waals surface area contributed by atoms with Crippen molar-refractivity contribution in [2.75, 3.05) is 26.8 Å². The summed E-state index contributed by atoms with van der Waals surface area (Å²) in [7, 11) is 1.69. The molecular formula is C19H24N2O3. The summed E-state index contributed by atoms with van der Waals surface area (Å²) < 4.78 is 7.28. The number of aliphatic hydroxyl groups is 1. The van der Waals surface area contributed by atoms with Crippen LogP contribution in [0.5, 0.6) is 0 Å². The molecule has 3 unspecified atom stereocenters. The number of hydrogen-bond donors (Lipinski definition) is 1. The van der Waals surface area contributed by atoms with Crippen molar-refractivity contribution >= 4 is 16.8 Å². The summed E-state index contributed by atoms with van der Waals surface area (Å²) >= 11 is 0. The second-order valence-electron chi connectivity index (χ2n) is 7.02. The Labute approximate surface area is 141 Å². The molecule has 4 rings (SSSR count). The minimum atomic E-state index is -0.240. The molecule has 128 valence electrons. The normalized spacial score (nSPS) is 26.2. The number of fused-ring (bicyclic) bond motifs is 2. The number of likely N-dealkylation sites (tertiary alicyclic amines) is 1. The molecule has 1 saturated carbocycles. The smallest absolute Gasteiger partial charge is 0.256 e. The molecule has 5 heteroatoms. The first-order valence-electron chi connectivity index (χ1n) is 8.73. The van der Waals surface area contributed by atoms with Gasteiger partial charge in [-0.3, -0.25) is 4.79 Å². The number of ether oxygens (including phenoxy) is 1. The number of amides is 1. The van der Waals surface area contributed by atoms with Gasteiger partial charge in [0.15, 0.2) is 0 Å². The highest BCUT2D eigenvalue weighted by Crippen LogP contribution is 2.39. The molecule has 1 aliphatic heterocycles. The number of nitrogens with zero attached hydrogens (tertiary/aromatic N) is 2. The van der Waals surface area contributed by atoms with Gasteiger partial charge in [0.1, 0.15) is 0 Å². The van der Waals surface area contributed by atoms with Gasteiger partial charge in [0.05, 0.1) is 18.3 Å². The SMILES string of the molecule is COCCn1cc(C(=O)N2CC3CCC(O)C3C2)c2ccccc21. The molecule has 1 aromatic heterocycles. The van der Waals surface area contributed by atoms with E-state index in [0.717, 1.165) is 42.4 Å². The number of aromatic nitrogens is 1. The van der Waals surface area contributed by atoms with Gasteiger partial charge in [-0.2, -0.15) is 0 Å². The van der Waals surface area contributed by atoms with Crippen LogP contribution < -0.4 is 0 Å². The summed E-state index contributed by atoms with van der Waals surface area (Å²) in [6, 6.07) is 8.03. The zero-order valence-electron chi connectivity index (χ0n) is 14.0. The Morgan fingerprint density at radius 1 is 1.29 bits per heavy atom. The molecule has 0 spiro atoms. The van der Waals surface area contributed by atoms with Crippen LogP contribution in [0, 0.1) is 11.8 Å². The van der Waals surface area contributed by atoms with Gasteiger partial charge < -0.3 is 19.3 Å². The van der Waals surface area contributed by atoms with Crippen LogP contribution in [0.3, 0.4) is 0 Å². The number of carbonyl (C=O) groups excluding carboxylic acids is 1. The molecule has 0 radical (unpaired) electrons. The lowest BCUT2D eigenvalue weighted by Gasteiger charge is -2.18. The zero-order chi connectivity index (χ0) is 16.7. The quantitative estimate of drug-likeness (QED) is 0.935. The van der Waals surface area contributed by atoms with E-state index in [-0.39, 0.29) is 17.9 Å². The highest BCUT2D eigenvalue weighted by Gasteiger charge is 2.43. The number of para-hydroxylation sites is 1. The first kappa shape index (κ1) is 15.7. The van der Waals surface area contributed by atoms with Crippen LogP contribution in [0.25, 0.3) is 10.9 Å². The average Bonchev–Trinajstić information content (AvgIpc) is 3.27. The summed E-state index contributed by atoms with van der Waals surface area (Å²) in [4.78, 5) is 15.0. The topological polar surface area (TPSA) is 54.7 Å². The van der Waals surface area contributed by atoms with Crippen molar-refractivity contribution in [3.8, 4) is 0 Å². The minimum absolute atomic E-state index is 0.0870. The fraction of sp³-hybridized carbons (Fsp3) is 0.526. The van der Waals surface area contributed by atoms with Crippen molar-refractivity contribution in [3.05, 3.63) is 36.0 Å². The molecule has 2 aromatic rings. The first-order valence-corrected chi connectivity index (χ1v) is 8.73. The van der Waals surface area contributed by atoms with E-state index in [1.54, 1.807) is 7.11 Å².